The SMILES string of the molecule is Cc1ccc(C)c(CN(CC2CCCNC2)C(C)C)c1. The fourth-order valence-electron chi connectivity index (χ4n) is 3.06. The number of rotatable bonds is 5. The molecule has 2 rings (SSSR count). The Morgan fingerprint density at radius 2 is 2.10 bits per heavy atom. The number of hydrogen-bond acceptors (Lipinski definition) is 2. The molecule has 0 aliphatic carbocycles. The van der Waals surface area contributed by atoms with E-state index in [1.807, 2.05) is 0 Å². The first-order valence-electron chi connectivity index (χ1n) is 8.07. The summed E-state index contributed by atoms with van der Waals surface area (Å²) in [6.07, 6.45) is 2.71. The number of nitrogens with one attached hydrogen (secondary N) is 1. The summed E-state index contributed by atoms with van der Waals surface area (Å²) in [5, 5.41) is 3.54. The lowest BCUT2D eigenvalue weighted by atomic mass is 9.97. The fraction of sp³-hybridized carbons (Fsp3) is 0.667. The van der Waals surface area contributed by atoms with E-state index in [1.54, 1.807) is 0 Å². The van der Waals surface area contributed by atoms with E-state index >= 15 is 0 Å². The normalized spacial score (nSPS) is 19.8. The van der Waals surface area contributed by atoms with Gasteiger partial charge < -0.3 is 5.32 Å². The van der Waals surface area contributed by atoms with Crippen LogP contribution in [0.2, 0.25) is 0 Å². The van der Waals surface area contributed by atoms with E-state index in [4.69, 9.17) is 0 Å². The summed E-state index contributed by atoms with van der Waals surface area (Å²) in [5.74, 6) is 0.816. The second-order valence-electron chi connectivity index (χ2n) is 6.67. The van der Waals surface area contributed by atoms with Crippen molar-refractivity contribution in [1.29, 1.82) is 0 Å². The van der Waals surface area contributed by atoms with Gasteiger partial charge in [0, 0.05) is 19.1 Å². The quantitative estimate of drug-likeness (QED) is 0.884. The van der Waals surface area contributed by atoms with Gasteiger partial charge in [0.15, 0.2) is 0 Å². The largest absolute Gasteiger partial charge is 0.316 e. The minimum absolute atomic E-state index is 0.608. The van der Waals surface area contributed by atoms with Crippen LogP contribution in [-0.4, -0.2) is 30.6 Å². The summed E-state index contributed by atoms with van der Waals surface area (Å²) >= 11 is 0. The van der Waals surface area contributed by atoms with E-state index in [2.05, 4.69) is 56.1 Å². The summed E-state index contributed by atoms with van der Waals surface area (Å²) in [6.45, 7) is 13.8. The van der Waals surface area contributed by atoms with Crippen molar-refractivity contribution in [3.8, 4) is 0 Å². The Labute approximate surface area is 124 Å². The predicted molar refractivity (Wildman–Crippen MR) is 87.1 cm³/mol. The van der Waals surface area contributed by atoms with Crippen LogP contribution in [0.4, 0.5) is 0 Å². The molecule has 1 fully saturated rings. The van der Waals surface area contributed by atoms with Gasteiger partial charge in [0.2, 0.25) is 0 Å². The minimum Gasteiger partial charge on any atom is -0.316 e. The monoisotopic (exact) mass is 274 g/mol. The van der Waals surface area contributed by atoms with Gasteiger partial charge >= 0.3 is 0 Å². The molecule has 1 unspecified atom stereocenters. The third-order valence-electron chi connectivity index (χ3n) is 4.50. The van der Waals surface area contributed by atoms with E-state index in [1.165, 1.54) is 49.2 Å². The lowest BCUT2D eigenvalue weighted by molar-refractivity contribution is 0.163. The molecule has 1 saturated heterocycles. The molecule has 0 aromatic heterocycles. The number of hydrogen-bond donors (Lipinski definition) is 1. The van der Waals surface area contributed by atoms with Gasteiger partial charge in [0.25, 0.3) is 0 Å². The van der Waals surface area contributed by atoms with Crippen LogP contribution in [0.5, 0.6) is 0 Å². The van der Waals surface area contributed by atoms with Crippen LogP contribution in [0, 0.1) is 19.8 Å². The van der Waals surface area contributed by atoms with Crippen molar-refractivity contribution in [1.82, 2.24) is 10.2 Å². The maximum absolute atomic E-state index is 3.54. The van der Waals surface area contributed by atoms with Crippen molar-refractivity contribution in [3.05, 3.63) is 34.9 Å². The molecule has 1 heterocycles. The Hall–Kier alpha value is -0.860. The van der Waals surface area contributed by atoms with Gasteiger partial charge in [-0.1, -0.05) is 23.8 Å². The first kappa shape index (κ1) is 15.5. The van der Waals surface area contributed by atoms with Gasteiger partial charge in [-0.05, 0) is 70.7 Å². The Kier molecular flexibility index (Phi) is 5.62. The van der Waals surface area contributed by atoms with Crippen LogP contribution >= 0.6 is 0 Å². The van der Waals surface area contributed by atoms with Crippen molar-refractivity contribution in [2.75, 3.05) is 19.6 Å². The van der Waals surface area contributed by atoms with E-state index in [-0.39, 0.29) is 0 Å². The van der Waals surface area contributed by atoms with Gasteiger partial charge in [0.1, 0.15) is 0 Å². The third kappa shape index (κ3) is 4.32. The average molecular weight is 274 g/mol. The first-order valence-corrected chi connectivity index (χ1v) is 8.07. The van der Waals surface area contributed by atoms with Gasteiger partial charge in [0.05, 0.1) is 0 Å². The zero-order valence-electron chi connectivity index (χ0n) is 13.6. The van der Waals surface area contributed by atoms with Crippen molar-refractivity contribution in [3.63, 3.8) is 0 Å². The van der Waals surface area contributed by atoms with E-state index in [9.17, 15) is 0 Å². The molecule has 2 nitrogen and oxygen atoms in total. The summed E-state index contributed by atoms with van der Waals surface area (Å²) in [5.41, 5.74) is 4.28. The summed E-state index contributed by atoms with van der Waals surface area (Å²) in [4.78, 5) is 2.64. The molecule has 1 atom stereocenters. The second-order valence-corrected chi connectivity index (χ2v) is 6.67. The molecule has 1 aliphatic heterocycles. The fourth-order valence-corrected chi connectivity index (χ4v) is 3.06. The first-order chi connectivity index (χ1) is 9.56. The van der Waals surface area contributed by atoms with Crippen LogP contribution in [0.1, 0.15) is 43.4 Å². The van der Waals surface area contributed by atoms with Crippen molar-refractivity contribution >= 4 is 0 Å². The van der Waals surface area contributed by atoms with E-state index in [0.29, 0.717) is 6.04 Å². The molecule has 1 N–H and O–H groups in total. The average Bonchev–Trinajstić information content (AvgIpc) is 2.43. The predicted octanol–water partition coefficient (Wildman–Crippen LogP) is 3.51. The van der Waals surface area contributed by atoms with Crippen LogP contribution in [0.3, 0.4) is 0 Å². The highest BCUT2D eigenvalue weighted by molar-refractivity contribution is 5.30. The van der Waals surface area contributed by atoms with Crippen LogP contribution in [0.25, 0.3) is 0 Å². The Morgan fingerprint density at radius 1 is 1.30 bits per heavy atom. The standard InChI is InChI=1S/C18H30N2/c1-14(2)20(12-17-6-5-9-19-11-17)13-18-10-15(3)7-8-16(18)4/h7-8,10,14,17,19H,5-6,9,11-13H2,1-4H3. The molecule has 1 aromatic rings. The van der Waals surface area contributed by atoms with E-state index in [0.717, 1.165) is 12.5 Å². The number of piperidine rings is 1. The summed E-state index contributed by atoms with van der Waals surface area (Å²) in [6, 6.07) is 7.43. The topological polar surface area (TPSA) is 15.3 Å². The van der Waals surface area contributed by atoms with Gasteiger partial charge in [-0.3, -0.25) is 4.90 Å². The molecule has 20 heavy (non-hydrogen) atoms. The molecule has 0 amide bonds. The van der Waals surface area contributed by atoms with Crippen LogP contribution < -0.4 is 5.32 Å². The highest BCUT2D eigenvalue weighted by Gasteiger charge is 2.19. The summed E-state index contributed by atoms with van der Waals surface area (Å²) < 4.78 is 0. The molecule has 0 bridgehead atoms. The smallest absolute Gasteiger partial charge is 0.0239 e. The summed E-state index contributed by atoms with van der Waals surface area (Å²) in [7, 11) is 0. The van der Waals surface area contributed by atoms with E-state index < -0.39 is 0 Å². The molecule has 1 aromatic carbocycles. The van der Waals surface area contributed by atoms with Gasteiger partial charge in [-0.15, -0.1) is 0 Å². The lowest BCUT2D eigenvalue weighted by Gasteiger charge is -2.33. The number of benzene rings is 1. The molecule has 0 saturated carbocycles. The van der Waals surface area contributed by atoms with Crippen molar-refractivity contribution in [2.24, 2.45) is 5.92 Å². The van der Waals surface area contributed by atoms with Gasteiger partial charge in [-0.2, -0.15) is 0 Å². The lowest BCUT2D eigenvalue weighted by Crippen LogP contribution is -2.40. The molecule has 0 radical (unpaired) electrons. The molecule has 0 spiro atoms. The number of nitrogens with zero attached hydrogens (tertiary/aromatic N) is 1. The zero-order chi connectivity index (χ0) is 14.5. The number of aryl methyl sites for hydroxylation is 2. The van der Waals surface area contributed by atoms with Crippen LogP contribution in [0.15, 0.2) is 18.2 Å². The Balaban J connectivity index is 2.02. The van der Waals surface area contributed by atoms with Gasteiger partial charge in [-0.25, -0.2) is 0 Å². The van der Waals surface area contributed by atoms with Crippen molar-refractivity contribution in [2.45, 2.75) is 53.1 Å². The third-order valence-corrected chi connectivity index (χ3v) is 4.50. The Bertz CT molecular complexity index is 419. The maximum Gasteiger partial charge on any atom is 0.0239 e. The van der Waals surface area contributed by atoms with Crippen molar-refractivity contribution < 1.29 is 0 Å². The molecular weight excluding hydrogens is 244 g/mol. The zero-order valence-corrected chi connectivity index (χ0v) is 13.6. The highest BCUT2D eigenvalue weighted by Crippen LogP contribution is 2.18. The minimum atomic E-state index is 0.608. The molecule has 112 valence electrons. The highest BCUT2D eigenvalue weighted by atomic mass is 15.1. The Morgan fingerprint density at radius 3 is 2.75 bits per heavy atom. The molecule has 1 aliphatic rings. The molecular formula is C18H30N2. The molecule has 2 heteroatoms. The van der Waals surface area contributed by atoms with Crippen LogP contribution in [-0.2, 0) is 6.54 Å². The maximum atomic E-state index is 3.54. The second kappa shape index (κ2) is 7.24.